The van der Waals surface area contributed by atoms with E-state index in [0.29, 0.717) is 12.5 Å². The highest BCUT2D eigenvalue weighted by Gasteiger charge is 2.14. The van der Waals surface area contributed by atoms with Crippen molar-refractivity contribution in [2.24, 2.45) is 10.9 Å². The molecule has 1 aliphatic rings. The minimum absolute atomic E-state index is 0. The number of nitrogens with zero attached hydrogens (tertiary/aromatic N) is 3. The van der Waals surface area contributed by atoms with Crippen molar-refractivity contribution in [3.63, 3.8) is 0 Å². The second-order valence-corrected chi connectivity index (χ2v) is 7.46. The topological polar surface area (TPSA) is 65.7 Å². The lowest BCUT2D eigenvalue weighted by atomic mass is 9.99. The maximum atomic E-state index is 5.34. The average molecular weight is 477 g/mol. The maximum Gasteiger partial charge on any atom is 0.191 e. The molecule has 6 nitrogen and oxygen atoms in total. The van der Waals surface area contributed by atoms with Crippen LogP contribution >= 0.6 is 24.0 Å². The quantitative estimate of drug-likeness (QED) is 0.259. The van der Waals surface area contributed by atoms with Crippen LogP contribution in [0.15, 0.2) is 15.6 Å². The Morgan fingerprint density at radius 2 is 2.04 bits per heavy atom. The molecule has 0 amide bonds. The Bertz CT molecular complexity index is 524. The van der Waals surface area contributed by atoms with Gasteiger partial charge in [0.15, 0.2) is 11.7 Å². The van der Waals surface area contributed by atoms with Crippen molar-refractivity contribution in [3.05, 3.63) is 17.5 Å². The predicted octanol–water partition coefficient (Wildman–Crippen LogP) is 3.59. The Balaban J connectivity index is 0.00000338. The van der Waals surface area contributed by atoms with Crippen LogP contribution < -0.4 is 10.6 Å². The number of piperidine rings is 1. The van der Waals surface area contributed by atoms with E-state index in [1.807, 2.05) is 6.07 Å². The Morgan fingerprint density at radius 1 is 1.31 bits per heavy atom. The first-order valence-corrected chi connectivity index (χ1v) is 9.71. The molecule has 0 atom stereocenters. The molecule has 1 aromatic rings. The molecular formula is C19H36IN5O. The first-order chi connectivity index (χ1) is 12.1. The van der Waals surface area contributed by atoms with Gasteiger partial charge in [0.1, 0.15) is 0 Å². The normalized spacial score (nSPS) is 16.6. The number of guanidine groups is 1. The SMILES string of the molecule is CN=C(NCCCCN1CCC(C)CC1)NCc1cc(C(C)C)no1.I. The third-order valence-electron chi connectivity index (χ3n) is 4.89. The molecule has 2 N–H and O–H groups in total. The van der Waals surface area contributed by atoms with Crippen LogP contribution in [0, 0.1) is 5.92 Å². The summed E-state index contributed by atoms with van der Waals surface area (Å²) in [4.78, 5) is 6.86. The monoisotopic (exact) mass is 477 g/mol. The maximum absolute atomic E-state index is 5.34. The van der Waals surface area contributed by atoms with Gasteiger partial charge in [-0.3, -0.25) is 4.99 Å². The lowest BCUT2D eigenvalue weighted by molar-refractivity contribution is 0.189. The number of rotatable bonds is 8. The number of aliphatic imine (C=N–C) groups is 1. The summed E-state index contributed by atoms with van der Waals surface area (Å²) in [6.07, 6.45) is 5.11. The van der Waals surface area contributed by atoms with E-state index >= 15 is 0 Å². The van der Waals surface area contributed by atoms with E-state index in [9.17, 15) is 0 Å². The van der Waals surface area contributed by atoms with Gasteiger partial charge in [0.25, 0.3) is 0 Å². The molecule has 1 aromatic heterocycles. The molecule has 0 spiro atoms. The summed E-state index contributed by atoms with van der Waals surface area (Å²) in [6.45, 7) is 11.9. The van der Waals surface area contributed by atoms with E-state index in [0.717, 1.165) is 36.3 Å². The highest BCUT2D eigenvalue weighted by atomic mass is 127. The van der Waals surface area contributed by atoms with Crippen LogP contribution in [0.3, 0.4) is 0 Å². The van der Waals surface area contributed by atoms with Crippen LogP contribution in [0.1, 0.15) is 63.8 Å². The molecule has 7 heteroatoms. The molecule has 26 heavy (non-hydrogen) atoms. The standard InChI is InChI=1S/C19H35N5O.HI/c1-15(2)18-13-17(25-23-18)14-22-19(20-4)21-9-5-6-10-24-11-7-16(3)8-12-24;/h13,15-16H,5-12,14H2,1-4H3,(H2,20,21,22);1H. The van der Waals surface area contributed by atoms with Gasteiger partial charge in [-0.05, 0) is 57.2 Å². The summed E-state index contributed by atoms with van der Waals surface area (Å²) in [5.41, 5.74) is 0.992. The summed E-state index contributed by atoms with van der Waals surface area (Å²) in [7, 11) is 1.80. The molecule has 1 aliphatic heterocycles. The van der Waals surface area contributed by atoms with Gasteiger partial charge in [-0.2, -0.15) is 0 Å². The third kappa shape index (κ3) is 8.24. The summed E-state index contributed by atoms with van der Waals surface area (Å²) in [6, 6.07) is 2.00. The van der Waals surface area contributed by atoms with Crippen molar-refractivity contribution in [3.8, 4) is 0 Å². The second kappa shape index (κ2) is 12.5. The molecule has 0 aromatic carbocycles. The highest BCUT2D eigenvalue weighted by Crippen LogP contribution is 2.16. The number of unbranched alkanes of at least 4 members (excludes halogenated alkanes) is 1. The molecular weight excluding hydrogens is 441 g/mol. The molecule has 0 radical (unpaired) electrons. The van der Waals surface area contributed by atoms with E-state index in [4.69, 9.17) is 4.52 Å². The molecule has 1 saturated heterocycles. The first kappa shape index (κ1) is 23.2. The zero-order valence-corrected chi connectivity index (χ0v) is 19.1. The highest BCUT2D eigenvalue weighted by molar-refractivity contribution is 14.0. The number of nitrogens with one attached hydrogen (secondary N) is 2. The van der Waals surface area contributed by atoms with E-state index in [2.05, 4.69) is 46.5 Å². The molecule has 0 unspecified atom stereocenters. The predicted molar refractivity (Wildman–Crippen MR) is 118 cm³/mol. The van der Waals surface area contributed by atoms with Gasteiger partial charge in [0, 0.05) is 19.7 Å². The fourth-order valence-electron chi connectivity index (χ4n) is 3.03. The van der Waals surface area contributed by atoms with Gasteiger partial charge >= 0.3 is 0 Å². The van der Waals surface area contributed by atoms with E-state index in [1.54, 1.807) is 7.05 Å². The van der Waals surface area contributed by atoms with Crippen molar-refractivity contribution in [1.82, 2.24) is 20.7 Å². The minimum atomic E-state index is 0. The van der Waals surface area contributed by atoms with E-state index in [-0.39, 0.29) is 24.0 Å². The lowest BCUT2D eigenvalue weighted by Gasteiger charge is -2.30. The molecule has 0 aliphatic carbocycles. The van der Waals surface area contributed by atoms with Crippen LogP contribution in [-0.2, 0) is 6.54 Å². The summed E-state index contributed by atoms with van der Waals surface area (Å²) in [5.74, 6) is 2.95. The second-order valence-electron chi connectivity index (χ2n) is 7.46. The Morgan fingerprint density at radius 3 is 2.65 bits per heavy atom. The van der Waals surface area contributed by atoms with Crippen LogP contribution in [0.2, 0.25) is 0 Å². The van der Waals surface area contributed by atoms with Crippen molar-refractivity contribution >= 4 is 29.9 Å². The molecule has 2 heterocycles. The Kier molecular flexibility index (Phi) is 11.2. The van der Waals surface area contributed by atoms with Crippen molar-refractivity contribution in [2.45, 2.75) is 58.9 Å². The summed E-state index contributed by atoms with van der Waals surface area (Å²) < 4.78 is 5.34. The van der Waals surface area contributed by atoms with Crippen LogP contribution in [0.4, 0.5) is 0 Å². The first-order valence-electron chi connectivity index (χ1n) is 9.71. The molecule has 0 saturated carbocycles. The fraction of sp³-hybridized carbons (Fsp3) is 0.789. The zero-order chi connectivity index (χ0) is 18.1. The number of likely N-dealkylation sites (tertiary alicyclic amines) is 1. The lowest BCUT2D eigenvalue weighted by Crippen LogP contribution is -2.37. The van der Waals surface area contributed by atoms with Gasteiger partial charge < -0.3 is 20.1 Å². The molecule has 150 valence electrons. The number of halogens is 1. The van der Waals surface area contributed by atoms with Crippen LogP contribution in [0.25, 0.3) is 0 Å². The Hall–Kier alpha value is -0.830. The van der Waals surface area contributed by atoms with E-state index < -0.39 is 0 Å². The van der Waals surface area contributed by atoms with Gasteiger partial charge in [0.05, 0.1) is 12.2 Å². The Labute approximate surface area is 175 Å². The van der Waals surface area contributed by atoms with Gasteiger partial charge in [0.2, 0.25) is 0 Å². The van der Waals surface area contributed by atoms with Crippen LogP contribution in [0.5, 0.6) is 0 Å². The van der Waals surface area contributed by atoms with Crippen LogP contribution in [-0.4, -0.2) is 49.2 Å². The average Bonchev–Trinajstić information content (AvgIpc) is 3.08. The van der Waals surface area contributed by atoms with Gasteiger partial charge in [-0.1, -0.05) is 25.9 Å². The number of aromatic nitrogens is 1. The van der Waals surface area contributed by atoms with Gasteiger partial charge in [-0.25, -0.2) is 0 Å². The van der Waals surface area contributed by atoms with Gasteiger partial charge in [-0.15, -0.1) is 24.0 Å². The van der Waals surface area contributed by atoms with E-state index in [1.165, 1.54) is 38.9 Å². The summed E-state index contributed by atoms with van der Waals surface area (Å²) in [5, 5.41) is 10.7. The summed E-state index contributed by atoms with van der Waals surface area (Å²) >= 11 is 0. The smallest absolute Gasteiger partial charge is 0.191 e. The fourth-order valence-corrected chi connectivity index (χ4v) is 3.03. The number of hydrogen-bond acceptors (Lipinski definition) is 4. The molecule has 2 rings (SSSR count). The number of hydrogen-bond donors (Lipinski definition) is 2. The molecule has 1 fully saturated rings. The third-order valence-corrected chi connectivity index (χ3v) is 4.89. The van der Waals surface area contributed by atoms with Crippen molar-refractivity contribution in [2.75, 3.05) is 33.2 Å². The zero-order valence-electron chi connectivity index (χ0n) is 16.8. The largest absolute Gasteiger partial charge is 0.359 e. The van der Waals surface area contributed by atoms with Crippen molar-refractivity contribution < 1.29 is 4.52 Å². The minimum Gasteiger partial charge on any atom is -0.359 e. The molecule has 0 bridgehead atoms. The van der Waals surface area contributed by atoms with Crippen molar-refractivity contribution in [1.29, 1.82) is 0 Å².